The van der Waals surface area contributed by atoms with E-state index < -0.39 is 5.91 Å². The molecule has 0 saturated heterocycles. The fraction of sp³-hybridized carbons (Fsp3) is 0.0741. The summed E-state index contributed by atoms with van der Waals surface area (Å²) in [4.78, 5) is 28.5. The highest BCUT2D eigenvalue weighted by Gasteiger charge is 2.17. The van der Waals surface area contributed by atoms with Gasteiger partial charge in [0.15, 0.2) is 5.57 Å². The highest BCUT2D eigenvalue weighted by Crippen LogP contribution is 2.15. The first-order valence-electron chi connectivity index (χ1n) is 10.6. The molecule has 4 aromatic rings. The highest BCUT2D eigenvalue weighted by molar-refractivity contribution is 7.07. The zero-order chi connectivity index (χ0) is 24.9. The number of nitrogens with one attached hydrogen (secondary N) is 1. The molecule has 0 spiro atoms. The molecule has 35 heavy (non-hydrogen) atoms. The van der Waals surface area contributed by atoms with Crippen molar-refractivity contribution in [3.8, 4) is 11.8 Å². The number of amides is 1. The minimum atomic E-state index is -0.609. The third-order valence-electron chi connectivity index (χ3n) is 5.20. The van der Waals surface area contributed by atoms with E-state index >= 15 is 0 Å². The number of nitrogens with zero attached hydrogens (tertiary/aromatic N) is 3. The number of hydrogen-bond acceptors (Lipinski definition) is 5. The Kier molecular flexibility index (Phi) is 7.16. The summed E-state index contributed by atoms with van der Waals surface area (Å²) in [5.41, 5.74) is 2.47. The van der Waals surface area contributed by atoms with Crippen LogP contribution in [0.3, 0.4) is 0 Å². The van der Waals surface area contributed by atoms with Gasteiger partial charge in [-0.15, -0.1) is 11.3 Å². The van der Waals surface area contributed by atoms with Crippen molar-refractivity contribution in [2.75, 3.05) is 24.3 Å². The van der Waals surface area contributed by atoms with Crippen LogP contribution >= 0.6 is 22.9 Å². The summed E-state index contributed by atoms with van der Waals surface area (Å²) in [6.45, 7) is 0. The number of carbonyl (C=O) groups is 1. The van der Waals surface area contributed by atoms with Crippen molar-refractivity contribution in [2.24, 2.45) is 0 Å². The lowest BCUT2D eigenvalue weighted by Gasteiger charge is -2.11. The fourth-order valence-electron chi connectivity index (χ4n) is 3.40. The second-order valence-corrected chi connectivity index (χ2v) is 9.29. The lowest BCUT2D eigenvalue weighted by Crippen LogP contribution is -2.32. The Hall–Kier alpha value is -4.12. The van der Waals surface area contributed by atoms with Gasteiger partial charge in [0.1, 0.15) is 10.7 Å². The van der Waals surface area contributed by atoms with Gasteiger partial charge in [0.05, 0.1) is 10.2 Å². The molecule has 0 aliphatic rings. The molecule has 6 nitrogen and oxygen atoms in total. The van der Waals surface area contributed by atoms with Crippen molar-refractivity contribution in [2.45, 2.75) is 0 Å². The van der Waals surface area contributed by atoms with Gasteiger partial charge in [-0.25, -0.2) is 0 Å². The number of benzene rings is 3. The minimum absolute atomic E-state index is 0.159. The molecule has 0 bridgehead atoms. The van der Waals surface area contributed by atoms with Crippen molar-refractivity contribution in [3.05, 3.63) is 109 Å². The molecule has 1 aromatic heterocycles. The molecular formula is C27H21ClN4O2S. The zero-order valence-corrected chi connectivity index (χ0v) is 20.6. The van der Waals surface area contributed by atoms with E-state index in [4.69, 9.17) is 11.6 Å². The second kappa shape index (κ2) is 10.4. The maximum absolute atomic E-state index is 13.5. The van der Waals surface area contributed by atoms with Gasteiger partial charge in [-0.3, -0.25) is 14.2 Å². The lowest BCUT2D eigenvalue weighted by atomic mass is 10.2. The van der Waals surface area contributed by atoms with Crippen molar-refractivity contribution < 1.29 is 4.79 Å². The van der Waals surface area contributed by atoms with Crippen LogP contribution < -0.4 is 25.0 Å². The first kappa shape index (κ1) is 24.0. The van der Waals surface area contributed by atoms with Crippen LogP contribution in [0.4, 0.5) is 11.4 Å². The van der Waals surface area contributed by atoms with Crippen molar-refractivity contribution >= 4 is 51.9 Å². The Morgan fingerprint density at radius 3 is 2.29 bits per heavy atom. The number of anilines is 2. The number of thiazole rings is 1. The van der Waals surface area contributed by atoms with E-state index in [0.29, 0.717) is 20.9 Å². The maximum atomic E-state index is 13.5. The van der Waals surface area contributed by atoms with Crippen LogP contribution in [-0.2, 0) is 4.79 Å². The van der Waals surface area contributed by atoms with Crippen LogP contribution in [0.15, 0.2) is 83.7 Å². The summed E-state index contributed by atoms with van der Waals surface area (Å²) >= 11 is 7.02. The molecule has 1 heterocycles. The SMILES string of the molecule is CN(C)c1ccc(/C=c2/s/c(=C(/C#N)C(=O)Nc3ccc(Cl)cc3)n(-c3ccccc3)c2=O)cc1. The van der Waals surface area contributed by atoms with Crippen LogP contribution in [0.2, 0.25) is 5.02 Å². The van der Waals surface area contributed by atoms with Gasteiger partial charge in [0.25, 0.3) is 11.5 Å². The third-order valence-corrected chi connectivity index (χ3v) is 6.54. The molecule has 0 aliphatic heterocycles. The Morgan fingerprint density at radius 2 is 1.69 bits per heavy atom. The maximum Gasteiger partial charge on any atom is 0.273 e. The number of carbonyl (C=O) groups excluding carboxylic acids is 1. The molecule has 4 rings (SSSR count). The van der Waals surface area contributed by atoms with E-state index in [1.54, 1.807) is 54.6 Å². The highest BCUT2D eigenvalue weighted by atomic mass is 35.5. The Balaban J connectivity index is 1.90. The van der Waals surface area contributed by atoms with E-state index in [-0.39, 0.29) is 15.8 Å². The Labute approximate surface area is 211 Å². The monoisotopic (exact) mass is 500 g/mol. The van der Waals surface area contributed by atoms with E-state index in [0.717, 1.165) is 22.6 Å². The van der Waals surface area contributed by atoms with Gasteiger partial charge in [-0.1, -0.05) is 41.9 Å². The second-order valence-electron chi connectivity index (χ2n) is 7.83. The molecule has 8 heteroatoms. The van der Waals surface area contributed by atoms with Crippen LogP contribution in [0.25, 0.3) is 17.3 Å². The van der Waals surface area contributed by atoms with Gasteiger partial charge in [0.2, 0.25) is 0 Å². The molecule has 0 unspecified atom stereocenters. The van der Waals surface area contributed by atoms with E-state index in [1.807, 2.05) is 55.4 Å². The average Bonchev–Trinajstić information content (AvgIpc) is 3.17. The summed E-state index contributed by atoms with van der Waals surface area (Å²) in [6.07, 6.45) is 1.77. The van der Waals surface area contributed by atoms with E-state index in [1.165, 1.54) is 4.57 Å². The van der Waals surface area contributed by atoms with E-state index in [9.17, 15) is 14.9 Å². The van der Waals surface area contributed by atoms with Gasteiger partial charge in [-0.05, 0) is 60.2 Å². The minimum Gasteiger partial charge on any atom is -0.378 e. The molecular weight excluding hydrogens is 480 g/mol. The van der Waals surface area contributed by atoms with Crippen LogP contribution in [0, 0.1) is 11.3 Å². The molecule has 0 radical (unpaired) electrons. The van der Waals surface area contributed by atoms with Crippen LogP contribution in [0.5, 0.6) is 0 Å². The molecule has 0 atom stereocenters. The van der Waals surface area contributed by atoms with Crippen molar-refractivity contribution in [1.82, 2.24) is 4.57 Å². The number of hydrogen-bond donors (Lipinski definition) is 1. The van der Waals surface area contributed by atoms with Gasteiger partial charge in [-0.2, -0.15) is 5.26 Å². The number of rotatable bonds is 5. The molecule has 174 valence electrons. The predicted molar refractivity (Wildman–Crippen MR) is 143 cm³/mol. The summed E-state index contributed by atoms with van der Waals surface area (Å²) in [6, 6.07) is 25.3. The normalized spacial score (nSPS) is 12.1. The van der Waals surface area contributed by atoms with Gasteiger partial charge >= 0.3 is 0 Å². The number of nitriles is 1. The summed E-state index contributed by atoms with van der Waals surface area (Å²) < 4.78 is 2.07. The number of para-hydroxylation sites is 1. The molecule has 1 amide bonds. The quantitative estimate of drug-likeness (QED) is 0.452. The van der Waals surface area contributed by atoms with Gasteiger partial charge in [0, 0.05) is 30.5 Å². The third kappa shape index (κ3) is 5.35. The summed E-state index contributed by atoms with van der Waals surface area (Å²) in [7, 11) is 3.91. The Bertz CT molecular complexity index is 1580. The first-order valence-corrected chi connectivity index (χ1v) is 11.8. The number of aromatic nitrogens is 1. The fourth-order valence-corrected chi connectivity index (χ4v) is 4.63. The van der Waals surface area contributed by atoms with Gasteiger partial charge < -0.3 is 10.2 Å². The van der Waals surface area contributed by atoms with Crippen molar-refractivity contribution in [3.63, 3.8) is 0 Å². The molecule has 0 aliphatic carbocycles. The van der Waals surface area contributed by atoms with Crippen LogP contribution in [0.1, 0.15) is 5.56 Å². The molecule has 3 aromatic carbocycles. The summed E-state index contributed by atoms with van der Waals surface area (Å²) in [5, 5.41) is 13.2. The Morgan fingerprint density at radius 1 is 1.03 bits per heavy atom. The lowest BCUT2D eigenvalue weighted by molar-refractivity contribution is -0.111. The van der Waals surface area contributed by atoms with E-state index in [2.05, 4.69) is 5.32 Å². The average molecular weight is 501 g/mol. The predicted octanol–water partition coefficient (Wildman–Crippen LogP) is 3.76. The standard InChI is InChI=1S/C27H21ClN4O2S/c1-31(2)21-14-8-18(9-15-21)16-24-26(34)32(22-6-4-3-5-7-22)27(35-24)23(17-29)25(33)30-20-12-10-19(28)11-13-20/h3-16H,1-2H3,(H,30,33)/b24-16+,27-23-. The smallest absolute Gasteiger partial charge is 0.273 e. The van der Waals surface area contributed by atoms with Crippen molar-refractivity contribution in [1.29, 1.82) is 5.26 Å². The molecule has 0 fully saturated rings. The zero-order valence-electron chi connectivity index (χ0n) is 19.0. The summed E-state index contributed by atoms with van der Waals surface area (Å²) in [5.74, 6) is -0.609. The molecule has 0 saturated carbocycles. The first-order chi connectivity index (χ1) is 16.9. The van der Waals surface area contributed by atoms with Crippen LogP contribution in [-0.4, -0.2) is 24.6 Å². The molecule has 1 N–H and O–H groups in total. The largest absolute Gasteiger partial charge is 0.378 e. The number of halogens is 1. The topological polar surface area (TPSA) is 78.1 Å².